The maximum absolute atomic E-state index is 5.79. The highest BCUT2D eigenvalue weighted by atomic mass is 79.9. The van der Waals surface area contributed by atoms with E-state index in [1.54, 1.807) is 18.4 Å². The van der Waals surface area contributed by atoms with E-state index in [0.29, 0.717) is 13.2 Å². The molecule has 2 rings (SSSR count). The first-order valence-electron chi connectivity index (χ1n) is 5.95. The number of hydrogen-bond acceptors (Lipinski definition) is 4. The fourth-order valence-electron chi connectivity index (χ4n) is 1.73. The van der Waals surface area contributed by atoms with Crippen LogP contribution in [0.25, 0.3) is 0 Å². The zero-order valence-electron chi connectivity index (χ0n) is 10.7. The molecule has 1 heterocycles. The molecule has 0 fully saturated rings. The molecule has 2 aromatic rings. The zero-order chi connectivity index (χ0) is 13.7. The Balaban J connectivity index is 2.06. The van der Waals surface area contributed by atoms with Crippen molar-refractivity contribution in [2.45, 2.75) is 13.0 Å². The molecule has 102 valence electrons. The molecule has 19 heavy (non-hydrogen) atoms. The summed E-state index contributed by atoms with van der Waals surface area (Å²) in [4.78, 5) is 1.17. The van der Waals surface area contributed by atoms with Gasteiger partial charge >= 0.3 is 0 Å². The van der Waals surface area contributed by atoms with E-state index >= 15 is 0 Å². The molecule has 3 nitrogen and oxygen atoms in total. The second kappa shape index (κ2) is 6.93. The van der Waals surface area contributed by atoms with Crippen molar-refractivity contribution in [3.8, 4) is 11.5 Å². The summed E-state index contributed by atoms with van der Waals surface area (Å²) >= 11 is 5.10. The Morgan fingerprint density at radius 3 is 2.74 bits per heavy atom. The average molecular weight is 342 g/mol. The highest BCUT2D eigenvalue weighted by molar-refractivity contribution is 9.10. The van der Waals surface area contributed by atoms with Gasteiger partial charge < -0.3 is 15.2 Å². The van der Waals surface area contributed by atoms with Gasteiger partial charge in [-0.2, -0.15) is 0 Å². The Hall–Kier alpha value is -1.04. The van der Waals surface area contributed by atoms with Gasteiger partial charge in [0.1, 0.15) is 6.61 Å². The van der Waals surface area contributed by atoms with Crippen molar-refractivity contribution < 1.29 is 9.47 Å². The fourth-order valence-corrected chi connectivity index (χ4v) is 3.09. The molecule has 0 spiro atoms. The van der Waals surface area contributed by atoms with Crippen LogP contribution in [0.3, 0.4) is 0 Å². The van der Waals surface area contributed by atoms with Crippen molar-refractivity contribution in [1.29, 1.82) is 0 Å². The summed E-state index contributed by atoms with van der Waals surface area (Å²) in [6.07, 6.45) is 0.842. The summed E-state index contributed by atoms with van der Waals surface area (Å²) in [6.45, 7) is 1.18. The molecule has 0 atom stereocenters. The van der Waals surface area contributed by atoms with Crippen LogP contribution in [0.15, 0.2) is 34.1 Å². The molecule has 1 aromatic carbocycles. The van der Waals surface area contributed by atoms with Gasteiger partial charge in [-0.1, -0.05) is 6.07 Å². The highest BCUT2D eigenvalue weighted by Crippen LogP contribution is 2.30. The third-order valence-electron chi connectivity index (χ3n) is 2.65. The molecule has 0 amide bonds. The van der Waals surface area contributed by atoms with E-state index in [1.165, 1.54) is 4.88 Å². The summed E-state index contributed by atoms with van der Waals surface area (Å²) < 4.78 is 12.2. The second-order valence-electron chi connectivity index (χ2n) is 4.04. The summed E-state index contributed by atoms with van der Waals surface area (Å²) in [5.41, 5.74) is 6.71. The van der Waals surface area contributed by atoms with Crippen LogP contribution in [0.5, 0.6) is 11.5 Å². The van der Waals surface area contributed by atoms with Gasteiger partial charge in [0.05, 0.1) is 7.11 Å². The van der Waals surface area contributed by atoms with Crippen molar-refractivity contribution in [3.05, 3.63) is 44.6 Å². The summed E-state index contributed by atoms with van der Waals surface area (Å²) in [7, 11) is 1.65. The van der Waals surface area contributed by atoms with Gasteiger partial charge in [0.25, 0.3) is 0 Å². The van der Waals surface area contributed by atoms with Crippen LogP contribution in [-0.4, -0.2) is 13.7 Å². The first kappa shape index (κ1) is 14.4. The number of hydrogen-bond donors (Lipinski definition) is 1. The Morgan fingerprint density at radius 1 is 1.26 bits per heavy atom. The highest BCUT2D eigenvalue weighted by Gasteiger charge is 2.07. The second-order valence-corrected chi connectivity index (χ2v) is 5.96. The SMILES string of the molecule is COc1cc(CCN)ccc1OCc1cc(Br)cs1. The van der Waals surface area contributed by atoms with E-state index in [9.17, 15) is 0 Å². The van der Waals surface area contributed by atoms with Crippen molar-refractivity contribution in [3.63, 3.8) is 0 Å². The number of thiophene rings is 1. The lowest BCUT2D eigenvalue weighted by atomic mass is 10.1. The number of benzene rings is 1. The van der Waals surface area contributed by atoms with Gasteiger partial charge in [-0.3, -0.25) is 0 Å². The van der Waals surface area contributed by atoms with E-state index in [-0.39, 0.29) is 0 Å². The molecule has 0 aliphatic carbocycles. The van der Waals surface area contributed by atoms with E-state index in [4.69, 9.17) is 15.2 Å². The summed E-state index contributed by atoms with van der Waals surface area (Å²) in [5.74, 6) is 1.51. The number of halogens is 1. The van der Waals surface area contributed by atoms with Gasteiger partial charge in [0.2, 0.25) is 0 Å². The normalized spacial score (nSPS) is 10.5. The molecule has 0 radical (unpaired) electrons. The minimum Gasteiger partial charge on any atom is -0.493 e. The van der Waals surface area contributed by atoms with Gasteiger partial charge in [0.15, 0.2) is 11.5 Å². The molecule has 0 aliphatic rings. The Labute approximate surface area is 125 Å². The topological polar surface area (TPSA) is 44.5 Å². The van der Waals surface area contributed by atoms with Crippen molar-refractivity contribution in [2.24, 2.45) is 5.73 Å². The zero-order valence-corrected chi connectivity index (χ0v) is 13.1. The lowest BCUT2D eigenvalue weighted by Crippen LogP contribution is -2.03. The molecule has 2 N–H and O–H groups in total. The van der Waals surface area contributed by atoms with Crippen molar-refractivity contribution in [2.75, 3.05) is 13.7 Å². The predicted molar refractivity (Wildman–Crippen MR) is 82.1 cm³/mol. The van der Waals surface area contributed by atoms with Gasteiger partial charge in [-0.25, -0.2) is 0 Å². The van der Waals surface area contributed by atoms with Gasteiger partial charge in [-0.05, 0) is 52.7 Å². The van der Waals surface area contributed by atoms with Gasteiger partial charge in [-0.15, -0.1) is 11.3 Å². The number of methoxy groups -OCH3 is 1. The maximum Gasteiger partial charge on any atom is 0.161 e. The van der Waals surface area contributed by atoms with Crippen LogP contribution in [0.2, 0.25) is 0 Å². The molecule has 0 saturated carbocycles. The van der Waals surface area contributed by atoms with Crippen LogP contribution in [0.1, 0.15) is 10.4 Å². The lowest BCUT2D eigenvalue weighted by Gasteiger charge is -2.11. The minimum absolute atomic E-state index is 0.545. The largest absolute Gasteiger partial charge is 0.493 e. The van der Waals surface area contributed by atoms with Crippen LogP contribution in [-0.2, 0) is 13.0 Å². The van der Waals surface area contributed by atoms with Crippen molar-refractivity contribution in [1.82, 2.24) is 0 Å². The Kier molecular flexibility index (Phi) is 5.24. The predicted octanol–water partition coefficient (Wildman–Crippen LogP) is 3.60. The minimum atomic E-state index is 0.545. The van der Waals surface area contributed by atoms with Crippen molar-refractivity contribution >= 4 is 27.3 Å². The van der Waals surface area contributed by atoms with E-state index in [1.807, 2.05) is 23.6 Å². The molecule has 0 bridgehead atoms. The smallest absolute Gasteiger partial charge is 0.161 e. The monoisotopic (exact) mass is 341 g/mol. The Bertz CT molecular complexity index is 542. The quantitative estimate of drug-likeness (QED) is 0.872. The molecular weight excluding hydrogens is 326 g/mol. The lowest BCUT2D eigenvalue weighted by molar-refractivity contribution is 0.287. The van der Waals surface area contributed by atoms with Crippen LogP contribution in [0.4, 0.5) is 0 Å². The van der Waals surface area contributed by atoms with E-state index < -0.39 is 0 Å². The third-order valence-corrected chi connectivity index (χ3v) is 4.32. The molecule has 0 aliphatic heterocycles. The Morgan fingerprint density at radius 2 is 2.11 bits per heavy atom. The first-order chi connectivity index (χ1) is 9.22. The van der Waals surface area contributed by atoms with E-state index in [0.717, 1.165) is 28.0 Å². The van der Waals surface area contributed by atoms with Crippen LogP contribution < -0.4 is 15.2 Å². The standard InChI is InChI=1S/C14H16BrNO2S/c1-17-14-6-10(4-5-16)2-3-13(14)18-8-12-7-11(15)9-19-12/h2-3,6-7,9H,4-5,8,16H2,1H3. The first-order valence-corrected chi connectivity index (χ1v) is 7.63. The number of ether oxygens (including phenoxy) is 2. The molecule has 0 saturated heterocycles. The van der Waals surface area contributed by atoms with Gasteiger partial charge in [0, 0.05) is 14.7 Å². The maximum atomic E-state index is 5.79. The number of rotatable bonds is 6. The van der Waals surface area contributed by atoms with Crippen LogP contribution in [0, 0.1) is 0 Å². The summed E-state index contributed by atoms with van der Waals surface area (Å²) in [5, 5.41) is 2.04. The fraction of sp³-hybridized carbons (Fsp3) is 0.286. The number of nitrogens with two attached hydrogens (primary N) is 1. The average Bonchev–Trinajstić information content (AvgIpc) is 2.83. The molecular formula is C14H16BrNO2S. The molecule has 1 aromatic heterocycles. The van der Waals surface area contributed by atoms with E-state index in [2.05, 4.69) is 22.0 Å². The molecule has 0 unspecified atom stereocenters. The summed E-state index contributed by atoms with van der Waals surface area (Å²) in [6, 6.07) is 7.99. The van der Waals surface area contributed by atoms with Crippen LogP contribution >= 0.6 is 27.3 Å². The third kappa shape index (κ3) is 3.96. The molecule has 5 heteroatoms.